The zero-order chi connectivity index (χ0) is 16.0. The maximum atomic E-state index is 12.0. The number of ether oxygens (including phenoxy) is 2. The third-order valence-corrected chi connectivity index (χ3v) is 7.13. The van der Waals surface area contributed by atoms with Gasteiger partial charge in [-0.25, -0.2) is 0 Å². The van der Waals surface area contributed by atoms with E-state index in [4.69, 9.17) is 9.47 Å². The van der Waals surface area contributed by atoms with Crippen molar-refractivity contribution in [3.8, 4) is 0 Å². The van der Waals surface area contributed by atoms with Crippen molar-refractivity contribution in [2.45, 2.75) is 81.1 Å². The van der Waals surface area contributed by atoms with Crippen LogP contribution in [0.1, 0.15) is 81.1 Å². The first-order valence-electron chi connectivity index (χ1n) is 9.10. The highest BCUT2D eigenvalue weighted by Crippen LogP contribution is 2.62. The lowest BCUT2D eigenvalue weighted by molar-refractivity contribution is -0.181. The molecule has 0 saturated heterocycles. The smallest absolute Gasteiger partial charge is 0.313 e. The Kier molecular flexibility index (Phi) is 6.94. The van der Waals surface area contributed by atoms with Crippen molar-refractivity contribution in [1.82, 2.24) is 0 Å². The van der Waals surface area contributed by atoms with Crippen molar-refractivity contribution >= 4 is 5.97 Å². The Morgan fingerprint density at radius 2 is 1.54 bits per heavy atom. The van der Waals surface area contributed by atoms with Crippen LogP contribution in [0.5, 0.6) is 0 Å². The number of hydrogen-bond acceptors (Lipinski definition) is 3. The van der Waals surface area contributed by atoms with Gasteiger partial charge in [0.05, 0.1) is 12.0 Å². The molecule has 4 fully saturated rings. The van der Waals surface area contributed by atoms with Crippen molar-refractivity contribution < 1.29 is 14.3 Å². The van der Waals surface area contributed by atoms with Gasteiger partial charge in [-0.05, 0) is 81.5 Å². The van der Waals surface area contributed by atoms with Gasteiger partial charge in [0.2, 0.25) is 0 Å². The molecule has 142 valence electrons. The van der Waals surface area contributed by atoms with Crippen LogP contribution >= 0.6 is 0 Å². The highest BCUT2D eigenvalue weighted by atomic mass is 16.7. The summed E-state index contributed by atoms with van der Waals surface area (Å²) in [5, 5.41) is 0. The molecule has 4 saturated carbocycles. The molecule has 24 heavy (non-hydrogen) atoms. The topological polar surface area (TPSA) is 35.5 Å². The lowest BCUT2D eigenvalue weighted by Gasteiger charge is -2.60. The Morgan fingerprint density at radius 1 is 1.04 bits per heavy atom. The molecule has 0 unspecified atom stereocenters. The Morgan fingerprint density at radius 3 is 2.00 bits per heavy atom. The SMILES string of the molecule is C.C.CCC(C)(C)C(=O)OCOCC1(C)C2CC3CC(C2)CC1C3. The maximum absolute atomic E-state index is 12.0. The predicted octanol–water partition coefficient (Wildman–Crippen LogP) is 5.67. The lowest BCUT2D eigenvalue weighted by Crippen LogP contribution is -2.53. The van der Waals surface area contributed by atoms with Crippen LogP contribution in [-0.2, 0) is 14.3 Å². The molecule has 4 aliphatic carbocycles. The van der Waals surface area contributed by atoms with Crippen LogP contribution in [0.15, 0.2) is 0 Å². The number of esters is 1. The molecular weight excluding hydrogens is 300 g/mol. The van der Waals surface area contributed by atoms with E-state index in [-0.39, 0.29) is 27.6 Å². The molecule has 4 bridgehead atoms. The first-order valence-corrected chi connectivity index (χ1v) is 9.10. The van der Waals surface area contributed by atoms with Crippen LogP contribution in [0.4, 0.5) is 0 Å². The van der Waals surface area contributed by atoms with E-state index in [2.05, 4.69) is 6.92 Å². The Bertz CT molecular complexity index is 399. The lowest BCUT2D eigenvalue weighted by atomic mass is 9.46. The molecular formula is C21H40O3. The number of rotatable bonds is 6. The van der Waals surface area contributed by atoms with Crippen LogP contribution in [0.3, 0.4) is 0 Å². The number of carbonyl (C=O) groups is 1. The van der Waals surface area contributed by atoms with E-state index in [9.17, 15) is 4.79 Å². The zero-order valence-electron chi connectivity index (χ0n) is 14.7. The fourth-order valence-corrected chi connectivity index (χ4v) is 5.19. The molecule has 3 nitrogen and oxygen atoms in total. The van der Waals surface area contributed by atoms with Gasteiger partial charge in [-0.3, -0.25) is 4.79 Å². The van der Waals surface area contributed by atoms with E-state index in [1.807, 2.05) is 20.8 Å². The molecule has 0 aromatic rings. The second-order valence-electron chi connectivity index (χ2n) is 8.95. The fourth-order valence-electron chi connectivity index (χ4n) is 5.19. The molecule has 0 aromatic carbocycles. The molecule has 0 heterocycles. The molecule has 0 aliphatic heterocycles. The summed E-state index contributed by atoms with van der Waals surface area (Å²) < 4.78 is 11.2. The monoisotopic (exact) mass is 340 g/mol. The minimum atomic E-state index is -0.407. The minimum Gasteiger partial charge on any atom is -0.438 e. The maximum Gasteiger partial charge on any atom is 0.313 e. The first-order chi connectivity index (χ1) is 10.3. The van der Waals surface area contributed by atoms with Crippen LogP contribution in [0.2, 0.25) is 0 Å². The minimum absolute atomic E-state index is 0. The summed E-state index contributed by atoms with van der Waals surface area (Å²) in [6.07, 6.45) is 7.86. The van der Waals surface area contributed by atoms with Crippen LogP contribution < -0.4 is 0 Å². The third kappa shape index (κ3) is 3.81. The summed E-state index contributed by atoms with van der Waals surface area (Å²) >= 11 is 0. The van der Waals surface area contributed by atoms with E-state index in [0.717, 1.165) is 36.7 Å². The van der Waals surface area contributed by atoms with Crippen LogP contribution in [0.25, 0.3) is 0 Å². The summed E-state index contributed by atoms with van der Waals surface area (Å²) in [6, 6.07) is 0. The Labute approximate surface area is 149 Å². The van der Waals surface area contributed by atoms with E-state index in [1.54, 1.807) is 0 Å². The first kappa shape index (κ1) is 21.5. The van der Waals surface area contributed by atoms with E-state index in [0.29, 0.717) is 5.41 Å². The second kappa shape index (κ2) is 7.76. The number of carbonyl (C=O) groups excluding carboxylic acids is 1. The molecule has 0 atom stereocenters. The Balaban J connectivity index is 0.00000144. The van der Waals surface area contributed by atoms with Crippen LogP contribution in [0, 0.1) is 34.5 Å². The van der Waals surface area contributed by atoms with Gasteiger partial charge in [-0.2, -0.15) is 0 Å². The van der Waals surface area contributed by atoms with Crippen LogP contribution in [-0.4, -0.2) is 19.4 Å². The summed E-state index contributed by atoms with van der Waals surface area (Å²) in [5.41, 5.74) is -0.101. The Hall–Kier alpha value is -0.570. The van der Waals surface area contributed by atoms with Gasteiger partial charge in [-0.1, -0.05) is 28.7 Å². The van der Waals surface area contributed by atoms with Gasteiger partial charge in [0, 0.05) is 0 Å². The molecule has 0 N–H and O–H groups in total. The molecule has 0 aromatic heterocycles. The summed E-state index contributed by atoms with van der Waals surface area (Å²) in [6.45, 7) is 9.14. The highest BCUT2D eigenvalue weighted by molar-refractivity contribution is 5.75. The molecule has 4 rings (SSSR count). The third-order valence-electron chi connectivity index (χ3n) is 7.13. The molecule has 3 heteroatoms. The zero-order valence-corrected chi connectivity index (χ0v) is 14.7. The average molecular weight is 341 g/mol. The van der Waals surface area contributed by atoms with Gasteiger partial charge < -0.3 is 9.47 Å². The van der Waals surface area contributed by atoms with Gasteiger partial charge in [0.25, 0.3) is 0 Å². The highest BCUT2D eigenvalue weighted by Gasteiger charge is 2.54. The summed E-state index contributed by atoms with van der Waals surface area (Å²) in [4.78, 5) is 12.0. The molecule has 0 spiro atoms. The normalized spacial score (nSPS) is 36.7. The van der Waals surface area contributed by atoms with E-state index < -0.39 is 5.41 Å². The molecule has 0 amide bonds. The van der Waals surface area contributed by atoms with Crippen molar-refractivity contribution in [2.24, 2.45) is 34.5 Å². The van der Waals surface area contributed by atoms with E-state index in [1.165, 1.54) is 32.1 Å². The number of hydrogen-bond donors (Lipinski definition) is 0. The quantitative estimate of drug-likeness (QED) is 0.355. The van der Waals surface area contributed by atoms with Gasteiger partial charge in [0.1, 0.15) is 0 Å². The van der Waals surface area contributed by atoms with Crippen molar-refractivity contribution in [3.05, 3.63) is 0 Å². The van der Waals surface area contributed by atoms with Gasteiger partial charge >= 0.3 is 5.97 Å². The average Bonchev–Trinajstić information content (AvgIpc) is 2.48. The molecule has 4 aliphatic rings. The van der Waals surface area contributed by atoms with E-state index >= 15 is 0 Å². The second-order valence-corrected chi connectivity index (χ2v) is 8.95. The van der Waals surface area contributed by atoms with Crippen molar-refractivity contribution in [3.63, 3.8) is 0 Å². The fraction of sp³-hybridized carbons (Fsp3) is 0.952. The van der Waals surface area contributed by atoms with Gasteiger partial charge in [-0.15, -0.1) is 0 Å². The summed E-state index contributed by atoms with van der Waals surface area (Å²) in [5.74, 6) is 3.47. The summed E-state index contributed by atoms with van der Waals surface area (Å²) in [7, 11) is 0. The largest absolute Gasteiger partial charge is 0.438 e. The standard InChI is InChI=1S/C19H32O3.2CH4/c1-5-18(2,3)17(20)22-12-21-11-19(4)15-7-13-6-14(9-15)10-16(19)8-13;;/h13-16H,5-12H2,1-4H3;2*1H4. The predicted molar refractivity (Wildman–Crippen MR) is 99.6 cm³/mol. The van der Waals surface area contributed by atoms with Crippen molar-refractivity contribution in [1.29, 1.82) is 0 Å². The molecule has 0 radical (unpaired) electrons. The van der Waals surface area contributed by atoms with Gasteiger partial charge in [0.15, 0.2) is 6.79 Å². The van der Waals surface area contributed by atoms with Crippen molar-refractivity contribution in [2.75, 3.05) is 13.4 Å².